The van der Waals surface area contributed by atoms with E-state index in [0.29, 0.717) is 23.2 Å². The number of aliphatic hydroxyl groups is 3. The van der Waals surface area contributed by atoms with Crippen LogP contribution in [0.3, 0.4) is 0 Å². The largest absolute Gasteiger partial charge is 0.396 e. The van der Waals surface area contributed by atoms with E-state index < -0.39 is 0 Å². The minimum atomic E-state index is -0.214. The van der Waals surface area contributed by atoms with Gasteiger partial charge in [0.1, 0.15) is 0 Å². The summed E-state index contributed by atoms with van der Waals surface area (Å²) in [4.78, 5) is 0. The molecule has 31 heavy (non-hydrogen) atoms. The Morgan fingerprint density at radius 1 is 1.06 bits per heavy atom. The Kier molecular flexibility index (Phi) is 8.40. The Bertz CT molecular complexity index is 714. The fourth-order valence-electron chi connectivity index (χ4n) is 6.57. The molecule has 0 aromatic rings. The van der Waals surface area contributed by atoms with Crippen molar-refractivity contribution < 1.29 is 15.3 Å². The molecule has 0 radical (unpaired) electrons. The van der Waals surface area contributed by atoms with Gasteiger partial charge in [0.05, 0.1) is 6.10 Å². The van der Waals surface area contributed by atoms with Crippen LogP contribution in [-0.2, 0) is 0 Å². The zero-order chi connectivity index (χ0) is 22.6. The summed E-state index contributed by atoms with van der Waals surface area (Å²) < 4.78 is 0. The number of aliphatic hydroxyl groups excluding tert-OH is 3. The SMILES string of the molecule is C=C1CC[C@H](O)C/C1=C/C=C1\CCC[C@]2(C)[C@@H]([C@H](C)/C=C/[C@H](C)C(CO)CO)CC[C@@H]12. The second-order valence-electron chi connectivity index (χ2n) is 10.8. The van der Waals surface area contributed by atoms with Gasteiger partial charge in [0.2, 0.25) is 0 Å². The molecule has 0 saturated heterocycles. The molecule has 0 bridgehead atoms. The van der Waals surface area contributed by atoms with Crippen molar-refractivity contribution in [2.24, 2.45) is 35.0 Å². The Labute approximate surface area is 189 Å². The first kappa shape index (κ1) is 24.5. The van der Waals surface area contributed by atoms with Crippen LogP contribution in [-0.4, -0.2) is 34.6 Å². The van der Waals surface area contributed by atoms with Crippen molar-refractivity contribution in [1.82, 2.24) is 0 Å². The standard InChI is InChI=1S/C28H44O3/c1-19-9-12-25(31)16-23(19)11-10-22-6-5-15-28(4)26(13-14-27(22)28)21(3)8-7-20(2)24(17-29)18-30/h7-8,10-11,20-21,24-27,29-31H,1,5-6,9,12-18H2,2-4H3/b8-7+,22-10+,23-11-/t20-,21+,25-,26+,27-,28+/m0/s1. The van der Waals surface area contributed by atoms with Crippen molar-refractivity contribution in [3.63, 3.8) is 0 Å². The second-order valence-corrected chi connectivity index (χ2v) is 10.8. The van der Waals surface area contributed by atoms with E-state index >= 15 is 0 Å². The molecule has 0 aromatic heterocycles. The summed E-state index contributed by atoms with van der Waals surface area (Å²) in [6.07, 6.45) is 17.8. The van der Waals surface area contributed by atoms with Gasteiger partial charge < -0.3 is 15.3 Å². The van der Waals surface area contributed by atoms with Crippen LogP contribution < -0.4 is 0 Å². The third-order valence-electron chi connectivity index (χ3n) is 8.79. The van der Waals surface area contributed by atoms with Crippen LogP contribution in [0.4, 0.5) is 0 Å². The third kappa shape index (κ3) is 5.43. The number of hydrogen-bond donors (Lipinski definition) is 3. The summed E-state index contributed by atoms with van der Waals surface area (Å²) in [6, 6.07) is 0. The van der Waals surface area contributed by atoms with Crippen molar-refractivity contribution in [1.29, 1.82) is 0 Å². The first-order valence-electron chi connectivity index (χ1n) is 12.5. The Hall–Kier alpha value is -1.16. The monoisotopic (exact) mass is 428 g/mol. The molecular formula is C28H44O3. The molecule has 0 aliphatic heterocycles. The first-order valence-corrected chi connectivity index (χ1v) is 12.5. The predicted octanol–water partition coefficient (Wildman–Crippen LogP) is 5.59. The molecule has 0 spiro atoms. The molecule has 3 nitrogen and oxygen atoms in total. The normalized spacial score (nSPS) is 36.5. The van der Waals surface area contributed by atoms with Gasteiger partial charge in [0, 0.05) is 19.1 Å². The van der Waals surface area contributed by atoms with E-state index in [1.54, 1.807) is 5.57 Å². The van der Waals surface area contributed by atoms with Gasteiger partial charge in [-0.25, -0.2) is 0 Å². The van der Waals surface area contributed by atoms with Crippen LogP contribution in [0.25, 0.3) is 0 Å². The van der Waals surface area contributed by atoms with E-state index in [9.17, 15) is 15.3 Å². The molecule has 3 heteroatoms. The summed E-state index contributed by atoms with van der Waals surface area (Å²) >= 11 is 0. The highest BCUT2D eigenvalue weighted by Crippen LogP contribution is 2.59. The van der Waals surface area contributed by atoms with Crippen LogP contribution >= 0.6 is 0 Å². The van der Waals surface area contributed by atoms with Gasteiger partial charge >= 0.3 is 0 Å². The van der Waals surface area contributed by atoms with E-state index in [1.165, 1.54) is 43.3 Å². The van der Waals surface area contributed by atoms with E-state index in [2.05, 4.69) is 51.7 Å². The quantitative estimate of drug-likeness (QED) is 0.464. The Balaban J connectivity index is 1.72. The molecule has 3 N–H and O–H groups in total. The molecule has 0 unspecified atom stereocenters. The lowest BCUT2D eigenvalue weighted by Gasteiger charge is -2.44. The first-order chi connectivity index (χ1) is 14.8. The topological polar surface area (TPSA) is 60.7 Å². The van der Waals surface area contributed by atoms with Gasteiger partial charge in [-0.3, -0.25) is 0 Å². The number of fused-ring (bicyclic) bond motifs is 1. The molecular weight excluding hydrogens is 384 g/mol. The lowest BCUT2D eigenvalue weighted by molar-refractivity contribution is 0.111. The molecule has 0 heterocycles. The van der Waals surface area contributed by atoms with Gasteiger partial charge in [-0.15, -0.1) is 0 Å². The average Bonchev–Trinajstić information content (AvgIpc) is 3.11. The van der Waals surface area contributed by atoms with E-state index in [0.717, 1.165) is 19.3 Å². The molecule has 3 rings (SSSR count). The van der Waals surface area contributed by atoms with Crippen LogP contribution in [0, 0.1) is 35.0 Å². The molecule has 0 amide bonds. The van der Waals surface area contributed by atoms with E-state index in [4.69, 9.17) is 0 Å². The smallest absolute Gasteiger partial charge is 0.0583 e. The third-order valence-corrected chi connectivity index (χ3v) is 8.79. The number of rotatable bonds is 7. The maximum Gasteiger partial charge on any atom is 0.0583 e. The lowest BCUT2D eigenvalue weighted by atomic mass is 9.61. The van der Waals surface area contributed by atoms with Crippen molar-refractivity contribution in [2.45, 2.75) is 78.2 Å². The van der Waals surface area contributed by atoms with Gasteiger partial charge in [-0.05, 0) is 86.0 Å². The van der Waals surface area contributed by atoms with Crippen LogP contribution in [0.15, 0.2) is 47.6 Å². The maximum atomic E-state index is 10.0. The van der Waals surface area contributed by atoms with Crippen molar-refractivity contribution in [2.75, 3.05) is 13.2 Å². The number of hydrogen-bond acceptors (Lipinski definition) is 3. The second kappa shape index (κ2) is 10.6. The zero-order valence-corrected chi connectivity index (χ0v) is 19.9. The maximum absolute atomic E-state index is 10.0. The number of allylic oxidation sites excluding steroid dienone is 6. The van der Waals surface area contributed by atoms with Crippen LogP contribution in [0.2, 0.25) is 0 Å². The van der Waals surface area contributed by atoms with Crippen molar-refractivity contribution >= 4 is 0 Å². The fraction of sp³-hybridized carbons (Fsp3) is 0.714. The highest BCUT2D eigenvalue weighted by molar-refractivity contribution is 5.36. The molecule has 3 aliphatic carbocycles. The fourth-order valence-corrected chi connectivity index (χ4v) is 6.57. The van der Waals surface area contributed by atoms with Gasteiger partial charge in [-0.2, -0.15) is 0 Å². The summed E-state index contributed by atoms with van der Waals surface area (Å²) in [5.41, 5.74) is 4.37. The van der Waals surface area contributed by atoms with Crippen LogP contribution in [0.5, 0.6) is 0 Å². The van der Waals surface area contributed by atoms with Crippen molar-refractivity contribution in [3.8, 4) is 0 Å². The van der Waals surface area contributed by atoms with E-state index in [1.807, 2.05) is 0 Å². The molecule has 3 fully saturated rings. The summed E-state index contributed by atoms with van der Waals surface area (Å²) in [6.45, 7) is 11.2. The molecule has 6 atom stereocenters. The summed E-state index contributed by atoms with van der Waals surface area (Å²) in [7, 11) is 0. The highest BCUT2D eigenvalue weighted by Gasteiger charge is 2.50. The van der Waals surface area contributed by atoms with Crippen molar-refractivity contribution in [3.05, 3.63) is 47.6 Å². The van der Waals surface area contributed by atoms with E-state index in [-0.39, 0.29) is 31.2 Å². The Morgan fingerprint density at radius 2 is 1.81 bits per heavy atom. The minimum Gasteiger partial charge on any atom is -0.396 e. The molecule has 3 saturated carbocycles. The van der Waals surface area contributed by atoms with Crippen LogP contribution in [0.1, 0.15) is 72.1 Å². The highest BCUT2D eigenvalue weighted by atomic mass is 16.3. The average molecular weight is 429 g/mol. The van der Waals surface area contributed by atoms with Gasteiger partial charge in [0.25, 0.3) is 0 Å². The van der Waals surface area contributed by atoms with Gasteiger partial charge in [-0.1, -0.05) is 62.8 Å². The van der Waals surface area contributed by atoms with Gasteiger partial charge in [0.15, 0.2) is 0 Å². The summed E-state index contributed by atoms with van der Waals surface area (Å²) in [5, 5.41) is 28.9. The predicted molar refractivity (Wildman–Crippen MR) is 128 cm³/mol. The summed E-state index contributed by atoms with van der Waals surface area (Å²) in [5.74, 6) is 1.95. The molecule has 0 aromatic carbocycles. The Morgan fingerprint density at radius 3 is 2.52 bits per heavy atom. The molecule has 3 aliphatic rings. The molecule has 174 valence electrons. The minimum absolute atomic E-state index is 0.0344. The lowest BCUT2D eigenvalue weighted by Crippen LogP contribution is -2.35. The zero-order valence-electron chi connectivity index (χ0n) is 19.9.